The summed E-state index contributed by atoms with van der Waals surface area (Å²) in [6.07, 6.45) is 3.05. The number of fused-ring (bicyclic) bond motifs is 1. The summed E-state index contributed by atoms with van der Waals surface area (Å²) in [5.41, 5.74) is 3.95. The second-order valence-corrected chi connectivity index (χ2v) is 14.8. The zero-order valence-electron chi connectivity index (χ0n) is 31.9. The first-order chi connectivity index (χ1) is 26.8. The Morgan fingerprint density at radius 1 is 0.929 bits per heavy atom. The molecule has 7 rings (SSSR count). The highest BCUT2D eigenvalue weighted by atomic mass is 19.1. The summed E-state index contributed by atoms with van der Waals surface area (Å²) in [4.78, 5) is 59.5. The molecule has 0 radical (unpaired) electrons. The lowest BCUT2D eigenvalue weighted by Crippen LogP contribution is -2.47. The number of hydrogen-bond donors (Lipinski definition) is 2. The van der Waals surface area contributed by atoms with Gasteiger partial charge >= 0.3 is 0 Å². The number of hydrogen-bond acceptors (Lipinski definition) is 7. The number of benzene rings is 3. The zero-order chi connectivity index (χ0) is 39.8. The molecule has 0 spiro atoms. The number of nitrogens with one attached hydrogen (secondary N) is 2. The number of piperazine rings is 1. The monoisotopic (exact) mass is 770 g/mol. The lowest BCUT2D eigenvalue weighted by atomic mass is 9.89. The Morgan fingerprint density at radius 2 is 1.66 bits per heavy atom. The summed E-state index contributed by atoms with van der Waals surface area (Å²) in [7, 11) is 4.84. The predicted octanol–water partition coefficient (Wildman–Crippen LogP) is 5.48. The van der Waals surface area contributed by atoms with Gasteiger partial charge in [-0.3, -0.25) is 29.4 Å². The van der Waals surface area contributed by atoms with Crippen LogP contribution in [0.15, 0.2) is 48.5 Å². The van der Waals surface area contributed by atoms with Gasteiger partial charge in [-0.15, -0.1) is 0 Å². The molecule has 0 saturated carbocycles. The highest BCUT2D eigenvalue weighted by molar-refractivity contribution is 6.05. The fraction of sp³-hybridized carbons (Fsp3) is 0.381. The van der Waals surface area contributed by atoms with Gasteiger partial charge in [-0.1, -0.05) is 6.08 Å². The van der Waals surface area contributed by atoms with Crippen molar-refractivity contribution < 1.29 is 37.1 Å². The van der Waals surface area contributed by atoms with Crippen LogP contribution in [0.2, 0.25) is 0 Å². The van der Waals surface area contributed by atoms with Gasteiger partial charge in [0.1, 0.15) is 23.1 Å². The Hall–Kier alpha value is -5.63. The molecule has 4 heterocycles. The summed E-state index contributed by atoms with van der Waals surface area (Å²) in [5.74, 6) is -3.42. The smallest absolute Gasteiger partial charge is 0.269 e. The van der Waals surface area contributed by atoms with Crippen molar-refractivity contribution in [1.82, 2.24) is 25.0 Å². The molecule has 11 nitrogen and oxygen atoms in total. The number of anilines is 1. The molecule has 1 atom stereocenters. The third-order valence-corrected chi connectivity index (χ3v) is 11.1. The van der Waals surface area contributed by atoms with Gasteiger partial charge in [0.25, 0.3) is 5.91 Å². The minimum atomic E-state index is -0.764. The van der Waals surface area contributed by atoms with Gasteiger partial charge in [-0.2, -0.15) is 0 Å². The standard InChI is InChI=1S/C42H45F3N6O5/c1-24(52)51-12-5-6-25(23-51)31-21-32(33-22-36(42(55)48(2)3)46-40(33)39(31)45)29-8-7-27(20-37(29)56-4)50-16-14-49(15-17-50)13-11-30-34(43)18-26(19-35(30)44)28-9-10-38(53)47-41(28)54/h6-8,18-22,28,46H,5,9-17,23H2,1-4H3,(H,47,53,54). The van der Waals surface area contributed by atoms with Crippen molar-refractivity contribution in [3.05, 3.63) is 88.4 Å². The number of nitrogens with zero attached hydrogens (tertiary/aromatic N) is 4. The quantitative estimate of drug-likeness (QED) is 0.217. The van der Waals surface area contributed by atoms with Crippen LogP contribution in [-0.2, 0) is 20.8 Å². The second-order valence-electron chi connectivity index (χ2n) is 14.8. The van der Waals surface area contributed by atoms with Crippen molar-refractivity contribution in [2.45, 2.75) is 38.5 Å². The number of imide groups is 1. The number of H-pyrrole nitrogens is 1. The number of aromatic amines is 1. The summed E-state index contributed by atoms with van der Waals surface area (Å²) < 4.78 is 52.6. The highest BCUT2D eigenvalue weighted by Gasteiger charge is 2.30. The van der Waals surface area contributed by atoms with Crippen LogP contribution in [0.3, 0.4) is 0 Å². The Labute approximate surface area is 323 Å². The SMILES string of the molecule is COc1cc(N2CCN(CCc3c(F)cc(C4CCC(=O)NC4=O)cc3F)CC2)ccc1-c1cc(C2=CCCN(C(C)=O)C2)c(F)c2[nH]c(C(=O)N(C)C)cc12. The van der Waals surface area contributed by atoms with Crippen LogP contribution in [0.4, 0.5) is 18.9 Å². The van der Waals surface area contributed by atoms with E-state index in [4.69, 9.17) is 4.74 Å². The van der Waals surface area contributed by atoms with Gasteiger partial charge in [0.05, 0.1) is 18.5 Å². The summed E-state index contributed by atoms with van der Waals surface area (Å²) in [5, 5.41) is 2.76. The third kappa shape index (κ3) is 7.62. The molecular formula is C42H45F3N6O5. The van der Waals surface area contributed by atoms with E-state index in [2.05, 4.69) is 20.1 Å². The molecule has 1 unspecified atom stereocenters. The summed E-state index contributed by atoms with van der Waals surface area (Å²) >= 11 is 0. The molecule has 0 aliphatic carbocycles. The van der Waals surface area contributed by atoms with E-state index < -0.39 is 29.3 Å². The number of rotatable bonds is 9. The van der Waals surface area contributed by atoms with Crippen LogP contribution in [0, 0.1) is 17.5 Å². The van der Waals surface area contributed by atoms with E-state index in [1.807, 2.05) is 24.3 Å². The van der Waals surface area contributed by atoms with Crippen molar-refractivity contribution in [2.24, 2.45) is 0 Å². The maximum atomic E-state index is 16.4. The number of carbonyl (C=O) groups is 4. The van der Waals surface area contributed by atoms with Gasteiger partial charge in [0.15, 0.2) is 5.82 Å². The van der Waals surface area contributed by atoms with Gasteiger partial charge in [-0.05, 0) is 72.4 Å². The maximum Gasteiger partial charge on any atom is 0.269 e. The van der Waals surface area contributed by atoms with E-state index in [1.54, 1.807) is 38.2 Å². The molecule has 294 valence electrons. The molecule has 3 aliphatic heterocycles. The van der Waals surface area contributed by atoms with Crippen LogP contribution in [0.1, 0.15) is 59.3 Å². The minimum absolute atomic E-state index is 0.0292. The fourth-order valence-corrected chi connectivity index (χ4v) is 7.95. The molecule has 1 aromatic heterocycles. The Bertz CT molecular complexity index is 2240. The molecule has 4 amide bonds. The van der Waals surface area contributed by atoms with Gasteiger partial charge in [0, 0.05) is 107 Å². The molecule has 2 fully saturated rings. The average Bonchev–Trinajstić information content (AvgIpc) is 3.64. The predicted molar refractivity (Wildman–Crippen MR) is 207 cm³/mol. The molecule has 4 aromatic rings. The molecule has 2 saturated heterocycles. The largest absolute Gasteiger partial charge is 0.496 e. The van der Waals surface area contributed by atoms with E-state index in [0.29, 0.717) is 79.1 Å². The molecular weight excluding hydrogens is 725 g/mol. The van der Waals surface area contributed by atoms with Gasteiger partial charge in [0.2, 0.25) is 17.7 Å². The van der Waals surface area contributed by atoms with Crippen molar-refractivity contribution in [2.75, 3.05) is 71.9 Å². The first kappa shape index (κ1) is 38.6. The van der Waals surface area contributed by atoms with E-state index in [0.717, 1.165) is 5.69 Å². The first-order valence-corrected chi connectivity index (χ1v) is 18.8. The first-order valence-electron chi connectivity index (χ1n) is 18.8. The average molecular weight is 771 g/mol. The van der Waals surface area contributed by atoms with Gasteiger partial charge < -0.3 is 24.4 Å². The van der Waals surface area contributed by atoms with Crippen molar-refractivity contribution >= 4 is 45.8 Å². The van der Waals surface area contributed by atoms with Gasteiger partial charge in [-0.25, -0.2) is 13.2 Å². The topological polar surface area (TPSA) is 118 Å². The number of carbonyl (C=O) groups excluding carboxylic acids is 4. The van der Waals surface area contributed by atoms with E-state index >= 15 is 13.2 Å². The maximum absolute atomic E-state index is 16.4. The zero-order valence-corrected chi connectivity index (χ0v) is 31.9. The van der Waals surface area contributed by atoms with Crippen molar-refractivity contribution in [1.29, 1.82) is 0 Å². The molecule has 3 aromatic carbocycles. The molecule has 2 N–H and O–H groups in total. The van der Waals surface area contributed by atoms with E-state index in [9.17, 15) is 19.2 Å². The van der Waals surface area contributed by atoms with Crippen LogP contribution in [0.5, 0.6) is 5.75 Å². The minimum Gasteiger partial charge on any atom is -0.496 e. The Kier molecular flexibility index (Phi) is 10.9. The lowest BCUT2D eigenvalue weighted by molar-refractivity contribution is -0.134. The van der Waals surface area contributed by atoms with E-state index in [1.165, 1.54) is 24.0 Å². The molecule has 14 heteroatoms. The molecule has 3 aliphatic rings. The number of ether oxygens (including phenoxy) is 1. The highest BCUT2D eigenvalue weighted by Crippen LogP contribution is 2.42. The fourth-order valence-electron chi connectivity index (χ4n) is 7.95. The number of amides is 4. The molecule has 0 bridgehead atoms. The summed E-state index contributed by atoms with van der Waals surface area (Å²) in [6.45, 7) is 5.39. The van der Waals surface area contributed by atoms with Crippen LogP contribution in [-0.4, -0.2) is 110 Å². The molecule has 56 heavy (non-hydrogen) atoms. The Balaban J connectivity index is 1.09. The van der Waals surface area contributed by atoms with E-state index in [-0.39, 0.29) is 65.9 Å². The van der Waals surface area contributed by atoms with Crippen LogP contribution >= 0.6 is 0 Å². The second kappa shape index (κ2) is 15.8. The summed E-state index contributed by atoms with van der Waals surface area (Å²) in [6, 6.07) is 11.7. The number of aromatic nitrogens is 1. The van der Waals surface area contributed by atoms with Crippen LogP contribution < -0.4 is 15.0 Å². The number of methoxy groups -OCH3 is 1. The Morgan fingerprint density at radius 3 is 2.32 bits per heavy atom. The lowest BCUT2D eigenvalue weighted by Gasteiger charge is -2.36. The van der Waals surface area contributed by atoms with Crippen molar-refractivity contribution in [3.8, 4) is 16.9 Å². The number of halogens is 3. The number of piperidine rings is 1. The van der Waals surface area contributed by atoms with Crippen molar-refractivity contribution in [3.63, 3.8) is 0 Å². The van der Waals surface area contributed by atoms with Crippen LogP contribution in [0.25, 0.3) is 27.6 Å². The third-order valence-electron chi connectivity index (χ3n) is 11.1. The normalized spacial score (nSPS) is 17.9.